The van der Waals surface area contributed by atoms with Gasteiger partial charge < -0.3 is 10.1 Å². The van der Waals surface area contributed by atoms with Crippen LogP contribution in [0.2, 0.25) is 0 Å². The number of rotatable bonds is 3. The zero-order valence-electron chi connectivity index (χ0n) is 9.44. The Bertz CT molecular complexity index is 397. The molecule has 1 aliphatic heterocycles. The van der Waals surface area contributed by atoms with Crippen molar-refractivity contribution in [2.24, 2.45) is 5.92 Å². The quantitative estimate of drug-likeness (QED) is 0.839. The van der Waals surface area contributed by atoms with Crippen molar-refractivity contribution in [3.8, 4) is 11.8 Å². The topological polar surface area (TPSA) is 45.0 Å². The molecule has 3 heteroatoms. The van der Waals surface area contributed by atoms with Crippen LogP contribution in [0.4, 0.5) is 0 Å². The van der Waals surface area contributed by atoms with Crippen LogP contribution in [0.25, 0.3) is 0 Å². The molecule has 2 atom stereocenters. The third kappa shape index (κ3) is 2.02. The molecule has 0 saturated carbocycles. The van der Waals surface area contributed by atoms with E-state index in [2.05, 4.69) is 17.5 Å². The third-order valence-corrected chi connectivity index (χ3v) is 3.23. The first-order valence-corrected chi connectivity index (χ1v) is 5.57. The number of ether oxygens (including phenoxy) is 1. The predicted molar refractivity (Wildman–Crippen MR) is 62.3 cm³/mol. The van der Waals surface area contributed by atoms with Crippen LogP contribution in [0.15, 0.2) is 24.3 Å². The molecule has 3 nitrogen and oxygen atoms in total. The Morgan fingerprint density at radius 3 is 3.00 bits per heavy atom. The fourth-order valence-electron chi connectivity index (χ4n) is 2.40. The standard InChI is InChI=1S/C13H16N2O/c1-16-13-5-3-2-4-11(13)12-9-15-8-10(12)6-7-14/h2-5,10,12,15H,6,8-9H2,1H3/t10-,12+/m0/s1. The molecular formula is C13H16N2O. The summed E-state index contributed by atoms with van der Waals surface area (Å²) < 4.78 is 5.37. The summed E-state index contributed by atoms with van der Waals surface area (Å²) in [6.45, 7) is 1.86. The molecule has 1 aliphatic rings. The van der Waals surface area contributed by atoms with Crippen LogP contribution in [-0.2, 0) is 0 Å². The highest BCUT2D eigenvalue weighted by atomic mass is 16.5. The van der Waals surface area contributed by atoms with E-state index < -0.39 is 0 Å². The van der Waals surface area contributed by atoms with Crippen LogP contribution < -0.4 is 10.1 Å². The fraction of sp³-hybridized carbons (Fsp3) is 0.462. The summed E-state index contributed by atoms with van der Waals surface area (Å²) in [4.78, 5) is 0. The smallest absolute Gasteiger partial charge is 0.122 e. The van der Waals surface area contributed by atoms with Gasteiger partial charge >= 0.3 is 0 Å². The van der Waals surface area contributed by atoms with Crippen molar-refractivity contribution in [1.29, 1.82) is 5.26 Å². The molecule has 0 bridgehead atoms. The second-order valence-corrected chi connectivity index (χ2v) is 4.13. The Hall–Kier alpha value is -1.53. The predicted octanol–water partition coefficient (Wildman–Crippen LogP) is 1.91. The van der Waals surface area contributed by atoms with Gasteiger partial charge in [-0.3, -0.25) is 0 Å². The molecule has 1 heterocycles. The van der Waals surface area contributed by atoms with Crippen molar-refractivity contribution < 1.29 is 4.74 Å². The first kappa shape index (κ1) is 11.0. The normalized spacial score (nSPS) is 24.0. The molecule has 1 fully saturated rings. The first-order chi connectivity index (χ1) is 7.86. The summed E-state index contributed by atoms with van der Waals surface area (Å²) >= 11 is 0. The van der Waals surface area contributed by atoms with E-state index in [1.54, 1.807) is 7.11 Å². The number of para-hydroxylation sites is 1. The molecule has 1 saturated heterocycles. The maximum atomic E-state index is 8.81. The van der Waals surface area contributed by atoms with Gasteiger partial charge in [0.25, 0.3) is 0 Å². The maximum Gasteiger partial charge on any atom is 0.122 e. The van der Waals surface area contributed by atoms with Crippen LogP contribution in [0.3, 0.4) is 0 Å². The minimum Gasteiger partial charge on any atom is -0.496 e. The summed E-state index contributed by atoms with van der Waals surface area (Å²) in [6, 6.07) is 10.4. The van der Waals surface area contributed by atoms with Gasteiger partial charge in [0.15, 0.2) is 0 Å². The molecule has 0 aliphatic carbocycles. The zero-order valence-corrected chi connectivity index (χ0v) is 9.44. The van der Waals surface area contributed by atoms with E-state index in [9.17, 15) is 0 Å². The Morgan fingerprint density at radius 2 is 2.25 bits per heavy atom. The summed E-state index contributed by atoms with van der Waals surface area (Å²) in [5, 5.41) is 12.2. The maximum absolute atomic E-state index is 8.81. The van der Waals surface area contributed by atoms with Crippen molar-refractivity contribution in [1.82, 2.24) is 5.32 Å². The van der Waals surface area contributed by atoms with E-state index in [1.807, 2.05) is 18.2 Å². The molecule has 0 aromatic heterocycles. The number of nitrogens with zero attached hydrogens (tertiary/aromatic N) is 1. The average Bonchev–Trinajstić information content (AvgIpc) is 2.77. The van der Waals surface area contributed by atoms with Gasteiger partial charge in [-0.25, -0.2) is 0 Å². The number of benzene rings is 1. The Kier molecular flexibility index (Phi) is 3.43. The summed E-state index contributed by atoms with van der Waals surface area (Å²) in [5.74, 6) is 1.73. The van der Waals surface area contributed by atoms with Crippen LogP contribution in [0, 0.1) is 17.2 Å². The molecule has 1 N–H and O–H groups in total. The van der Waals surface area contributed by atoms with Gasteiger partial charge in [0.1, 0.15) is 5.75 Å². The molecule has 16 heavy (non-hydrogen) atoms. The van der Waals surface area contributed by atoms with Gasteiger partial charge in [-0.05, 0) is 24.1 Å². The van der Waals surface area contributed by atoms with Crippen molar-refractivity contribution in [2.45, 2.75) is 12.3 Å². The van der Waals surface area contributed by atoms with Crippen LogP contribution in [0.1, 0.15) is 17.9 Å². The molecule has 1 aromatic rings. The molecular weight excluding hydrogens is 200 g/mol. The van der Waals surface area contributed by atoms with Crippen LogP contribution in [0.5, 0.6) is 5.75 Å². The highest BCUT2D eigenvalue weighted by molar-refractivity contribution is 5.37. The van der Waals surface area contributed by atoms with Crippen LogP contribution >= 0.6 is 0 Å². The van der Waals surface area contributed by atoms with Gasteiger partial charge in [0, 0.05) is 18.9 Å². The lowest BCUT2D eigenvalue weighted by Crippen LogP contribution is -2.11. The van der Waals surface area contributed by atoms with E-state index in [0.29, 0.717) is 18.3 Å². The highest BCUT2D eigenvalue weighted by Gasteiger charge is 2.29. The number of methoxy groups -OCH3 is 1. The van der Waals surface area contributed by atoms with E-state index in [4.69, 9.17) is 10.00 Å². The highest BCUT2D eigenvalue weighted by Crippen LogP contribution is 2.35. The van der Waals surface area contributed by atoms with E-state index in [0.717, 1.165) is 18.8 Å². The third-order valence-electron chi connectivity index (χ3n) is 3.23. The van der Waals surface area contributed by atoms with E-state index >= 15 is 0 Å². The molecule has 2 rings (SSSR count). The fourth-order valence-corrected chi connectivity index (χ4v) is 2.40. The molecule has 1 aromatic carbocycles. The molecule has 0 unspecified atom stereocenters. The Morgan fingerprint density at radius 1 is 1.44 bits per heavy atom. The zero-order chi connectivity index (χ0) is 11.4. The molecule has 0 amide bonds. The average molecular weight is 216 g/mol. The largest absolute Gasteiger partial charge is 0.496 e. The summed E-state index contributed by atoms with van der Waals surface area (Å²) in [6.07, 6.45) is 0.607. The van der Waals surface area contributed by atoms with Crippen molar-refractivity contribution in [2.75, 3.05) is 20.2 Å². The van der Waals surface area contributed by atoms with Crippen molar-refractivity contribution in [3.63, 3.8) is 0 Å². The summed E-state index contributed by atoms with van der Waals surface area (Å²) in [5.41, 5.74) is 1.22. The number of nitriles is 1. The van der Waals surface area contributed by atoms with Crippen molar-refractivity contribution >= 4 is 0 Å². The van der Waals surface area contributed by atoms with Gasteiger partial charge in [-0.15, -0.1) is 0 Å². The van der Waals surface area contributed by atoms with Crippen molar-refractivity contribution in [3.05, 3.63) is 29.8 Å². The lowest BCUT2D eigenvalue weighted by atomic mass is 9.86. The molecule has 0 radical (unpaired) electrons. The van der Waals surface area contributed by atoms with Gasteiger partial charge in [0.2, 0.25) is 0 Å². The monoisotopic (exact) mass is 216 g/mol. The lowest BCUT2D eigenvalue weighted by molar-refractivity contribution is 0.399. The second-order valence-electron chi connectivity index (χ2n) is 4.13. The minimum absolute atomic E-state index is 0.399. The van der Waals surface area contributed by atoms with Gasteiger partial charge in [-0.2, -0.15) is 5.26 Å². The first-order valence-electron chi connectivity index (χ1n) is 5.57. The Balaban J connectivity index is 2.26. The number of hydrogen-bond acceptors (Lipinski definition) is 3. The second kappa shape index (κ2) is 5.00. The minimum atomic E-state index is 0.399. The van der Waals surface area contributed by atoms with Gasteiger partial charge in [-0.1, -0.05) is 18.2 Å². The van der Waals surface area contributed by atoms with E-state index in [1.165, 1.54) is 5.56 Å². The van der Waals surface area contributed by atoms with Gasteiger partial charge in [0.05, 0.1) is 13.2 Å². The molecule has 84 valence electrons. The lowest BCUT2D eigenvalue weighted by Gasteiger charge is -2.18. The van der Waals surface area contributed by atoms with E-state index in [-0.39, 0.29) is 0 Å². The number of nitrogens with one attached hydrogen (secondary N) is 1. The Labute approximate surface area is 96.0 Å². The van der Waals surface area contributed by atoms with Crippen LogP contribution in [-0.4, -0.2) is 20.2 Å². The molecule has 0 spiro atoms. The summed E-state index contributed by atoms with van der Waals surface area (Å²) in [7, 11) is 1.69. The number of hydrogen-bond donors (Lipinski definition) is 1. The SMILES string of the molecule is COc1ccccc1[C@@H]1CNC[C@@H]1CC#N.